The number of H-pyrrole nitrogens is 2. The molecule has 0 radical (unpaired) electrons. The van der Waals surface area contributed by atoms with E-state index in [0.29, 0.717) is 30.9 Å². The van der Waals surface area contributed by atoms with Gasteiger partial charge in [-0.15, -0.1) is 10.2 Å². The van der Waals surface area contributed by atoms with Crippen LogP contribution in [0.15, 0.2) is 52.4 Å². The number of aromatic nitrogens is 5. The number of hydrogen-bond donors (Lipinski definition) is 3. The van der Waals surface area contributed by atoms with Crippen molar-refractivity contribution in [1.29, 1.82) is 0 Å². The van der Waals surface area contributed by atoms with E-state index in [2.05, 4.69) is 25.6 Å². The lowest BCUT2D eigenvalue weighted by Gasteiger charge is -2.06. The smallest absolute Gasteiger partial charge is 0.244 e. The van der Waals surface area contributed by atoms with Crippen LogP contribution in [0.25, 0.3) is 16.7 Å². The zero-order chi connectivity index (χ0) is 21.4. The van der Waals surface area contributed by atoms with Gasteiger partial charge in [0.25, 0.3) is 0 Å². The fourth-order valence-corrected chi connectivity index (χ4v) is 4.95. The minimum Gasteiger partial charge on any atom is -0.507 e. The summed E-state index contributed by atoms with van der Waals surface area (Å²) in [7, 11) is -1.82. The van der Waals surface area contributed by atoms with Gasteiger partial charge in [0.1, 0.15) is 21.6 Å². The van der Waals surface area contributed by atoms with Crippen LogP contribution in [0.4, 0.5) is 0 Å². The standard InChI is InChI=1S/C18H10Cl3N5O3S/c19-8-1-2-13-12(6-8)16(14(27)7-15(28)17-23-25-26-24-17)18(22-13)30(29)11-4-9(20)3-10(21)5-11/h1-7,22,27H,(H,23,24,25,26). The molecule has 12 heteroatoms. The van der Waals surface area contributed by atoms with Crippen molar-refractivity contribution in [3.8, 4) is 0 Å². The van der Waals surface area contributed by atoms with Crippen molar-refractivity contribution >= 4 is 68.0 Å². The molecule has 0 aliphatic rings. The Balaban J connectivity index is 1.90. The zero-order valence-corrected chi connectivity index (χ0v) is 17.8. The topological polar surface area (TPSA) is 125 Å². The fraction of sp³-hybridized carbons (Fsp3) is 0. The van der Waals surface area contributed by atoms with Crippen LogP contribution in [-0.2, 0) is 10.8 Å². The first-order valence-corrected chi connectivity index (χ1v) is 10.5. The summed E-state index contributed by atoms with van der Waals surface area (Å²) in [6.45, 7) is 0. The van der Waals surface area contributed by atoms with E-state index in [1.54, 1.807) is 18.2 Å². The molecule has 8 nitrogen and oxygen atoms in total. The number of aliphatic hydroxyl groups excluding tert-OH is 1. The fourth-order valence-electron chi connectivity index (χ4n) is 2.81. The van der Waals surface area contributed by atoms with Crippen LogP contribution in [0.3, 0.4) is 0 Å². The van der Waals surface area contributed by atoms with Crippen LogP contribution in [0.1, 0.15) is 16.2 Å². The SMILES string of the molecule is O=C(C=C(O)c1c(S(=O)c2cc(Cl)cc(Cl)c2)[nH]c2ccc(Cl)cc12)c1nn[nH]n1. The second-order valence-electron chi connectivity index (χ2n) is 6.02. The van der Waals surface area contributed by atoms with Crippen molar-refractivity contribution in [2.24, 2.45) is 0 Å². The number of aliphatic hydroxyl groups is 1. The van der Waals surface area contributed by atoms with Gasteiger partial charge in [0.05, 0.1) is 5.56 Å². The first-order valence-electron chi connectivity index (χ1n) is 8.21. The third kappa shape index (κ3) is 3.97. The van der Waals surface area contributed by atoms with Gasteiger partial charge in [-0.25, -0.2) is 4.21 Å². The number of allylic oxidation sites excluding steroid dienone is 1. The maximum absolute atomic E-state index is 13.3. The van der Waals surface area contributed by atoms with Crippen LogP contribution < -0.4 is 0 Å². The second kappa shape index (κ2) is 8.19. The predicted octanol–water partition coefficient (Wildman–Crippen LogP) is 4.59. The number of ketones is 1. The Hall–Kier alpha value is -2.72. The number of aromatic amines is 2. The van der Waals surface area contributed by atoms with Crippen LogP contribution in [0, 0.1) is 0 Å². The normalized spacial score (nSPS) is 13.0. The first-order chi connectivity index (χ1) is 14.3. The highest BCUT2D eigenvalue weighted by Crippen LogP contribution is 2.34. The molecule has 0 saturated heterocycles. The average Bonchev–Trinajstić information content (AvgIpc) is 3.34. The van der Waals surface area contributed by atoms with E-state index < -0.39 is 22.3 Å². The summed E-state index contributed by atoms with van der Waals surface area (Å²) in [5.41, 5.74) is 0.691. The molecule has 0 amide bonds. The number of tetrazole rings is 1. The molecule has 0 aliphatic carbocycles. The van der Waals surface area contributed by atoms with E-state index >= 15 is 0 Å². The Bertz CT molecular complexity index is 1310. The van der Waals surface area contributed by atoms with Crippen molar-refractivity contribution in [2.75, 3.05) is 0 Å². The number of nitrogens with one attached hydrogen (secondary N) is 2. The lowest BCUT2D eigenvalue weighted by Crippen LogP contribution is -2.02. The van der Waals surface area contributed by atoms with E-state index in [9.17, 15) is 14.1 Å². The Morgan fingerprint density at radius 2 is 1.80 bits per heavy atom. The Morgan fingerprint density at radius 3 is 2.47 bits per heavy atom. The molecule has 1 unspecified atom stereocenters. The lowest BCUT2D eigenvalue weighted by molar-refractivity contribution is 0.103. The van der Waals surface area contributed by atoms with Crippen LogP contribution in [0.2, 0.25) is 15.1 Å². The summed E-state index contributed by atoms with van der Waals surface area (Å²) in [4.78, 5) is 15.6. The molecule has 2 aromatic heterocycles. The number of hydrogen-bond acceptors (Lipinski definition) is 6. The summed E-state index contributed by atoms with van der Waals surface area (Å²) in [5, 5.41) is 25.0. The predicted molar refractivity (Wildman–Crippen MR) is 114 cm³/mol. The largest absolute Gasteiger partial charge is 0.507 e. The van der Waals surface area contributed by atoms with Crippen molar-refractivity contribution < 1.29 is 14.1 Å². The molecule has 2 heterocycles. The summed E-state index contributed by atoms with van der Waals surface area (Å²) >= 11 is 18.2. The molecule has 30 heavy (non-hydrogen) atoms. The highest BCUT2D eigenvalue weighted by molar-refractivity contribution is 7.85. The average molecular weight is 483 g/mol. The van der Waals surface area contributed by atoms with Gasteiger partial charge in [-0.3, -0.25) is 4.79 Å². The summed E-state index contributed by atoms with van der Waals surface area (Å²) in [6.07, 6.45) is 0.917. The molecule has 0 fully saturated rings. The van der Waals surface area contributed by atoms with E-state index in [1.807, 2.05) is 0 Å². The molecule has 2 aromatic carbocycles. The number of carbonyl (C=O) groups is 1. The highest BCUT2D eigenvalue weighted by Gasteiger charge is 2.23. The van der Waals surface area contributed by atoms with Gasteiger partial charge in [0.15, 0.2) is 0 Å². The van der Waals surface area contributed by atoms with E-state index in [-0.39, 0.29) is 16.4 Å². The van der Waals surface area contributed by atoms with Gasteiger partial charge in [0, 0.05) is 36.9 Å². The first kappa shape index (κ1) is 20.5. The monoisotopic (exact) mass is 481 g/mol. The minimum atomic E-state index is -1.82. The Morgan fingerprint density at radius 1 is 1.07 bits per heavy atom. The number of fused-ring (bicyclic) bond motifs is 1. The Labute approximate surface area is 186 Å². The molecule has 0 bridgehead atoms. The van der Waals surface area contributed by atoms with Gasteiger partial charge in [-0.05, 0) is 41.6 Å². The maximum atomic E-state index is 13.3. The van der Waals surface area contributed by atoms with E-state index in [4.69, 9.17) is 34.8 Å². The van der Waals surface area contributed by atoms with Crippen LogP contribution in [0.5, 0.6) is 0 Å². The molecular formula is C18H10Cl3N5O3S. The van der Waals surface area contributed by atoms with Crippen molar-refractivity contribution in [3.63, 3.8) is 0 Å². The third-order valence-electron chi connectivity index (χ3n) is 4.05. The van der Waals surface area contributed by atoms with Gasteiger partial charge >= 0.3 is 0 Å². The number of carbonyl (C=O) groups excluding carboxylic acids is 1. The number of rotatable bonds is 5. The number of benzene rings is 2. The zero-order valence-electron chi connectivity index (χ0n) is 14.7. The molecular weight excluding hydrogens is 473 g/mol. The van der Waals surface area contributed by atoms with Gasteiger partial charge in [-0.1, -0.05) is 34.8 Å². The van der Waals surface area contributed by atoms with Gasteiger partial charge in [-0.2, -0.15) is 5.21 Å². The molecule has 4 aromatic rings. The van der Waals surface area contributed by atoms with Crippen LogP contribution in [-0.4, -0.2) is 40.7 Å². The summed E-state index contributed by atoms with van der Waals surface area (Å²) in [6, 6.07) is 9.39. The number of halogens is 3. The lowest BCUT2D eigenvalue weighted by atomic mass is 10.1. The molecule has 4 rings (SSSR count). The minimum absolute atomic E-state index is 0.138. The molecule has 1 atom stereocenters. The van der Waals surface area contributed by atoms with Crippen molar-refractivity contribution in [3.05, 3.63) is 68.9 Å². The second-order valence-corrected chi connectivity index (χ2v) is 8.75. The van der Waals surface area contributed by atoms with Crippen molar-refractivity contribution in [1.82, 2.24) is 25.6 Å². The summed E-state index contributed by atoms with van der Waals surface area (Å²) < 4.78 is 13.3. The molecule has 3 N–H and O–H groups in total. The number of nitrogens with zero attached hydrogens (tertiary/aromatic N) is 3. The van der Waals surface area contributed by atoms with Crippen LogP contribution >= 0.6 is 34.8 Å². The van der Waals surface area contributed by atoms with Crippen molar-refractivity contribution in [2.45, 2.75) is 9.92 Å². The maximum Gasteiger partial charge on any atom is 0.244 e. The molecule has 0 saturated carbocycles. The third-order valence-corrected chi connectivity index (χ3v) is 6.06. The molecule has 152 valence electrons. The van der Waals surface area contributed by atoms with Gasteiger partial charge in [0.2, 0.25) is 11.6 Å². The Kier molecular flexibility index (Phi) is 5.61. The summed E-state index contributed by atoms with van der Waals surface area (Å²) in [5.74, 6) is -1.38. The quantitative estimate of drug-likeness (QED) is 0.217. The highest BCUT2D eigenvalue weighted by atomic mass is 35.5. The van der Waals surface area contributed by atoms with E-state index in [1.165, 1.54) is 18.2 Å². The molecule has 0 aliphatic heterocycles. The molecule has 0 spiro atoms. The van der Waals surface area contributed by atoms with E-state index in [0.717, 1.165) is 6.08 Å². The van der Waals surface area contributed by atoms with Gasteiger partial charge < -0.3 is 10.1 Å².